The second-order valence-corrected chi connectivity index (χ2v) is 4.92. The summed E-state index contributed by atoms with van der Waals surface area (Å²) in [6, 6.07) is 0. The summed E-state index contributed by atoms with van der Waals surface area (Å²) in [6.07, 6.45) is 3.16. The monoisotopic (exact) mass is 214 g/mol. The maximum atomic E-state index is 11.8. The molecule has 0 heterocycles. The zero-order valence-electron chi connectivity index (χ0n) is 9.62. The minimum atomic E-state index is -0.716. The van der Waals surface area contributed by atoms with Crippen molar-refractivity contribution in [3.8, 4) is 0 Å². The maximum absolute atomic E-state index is 11.8. The van der Waals surface area contributed by atoms with Gasteiger partial charge in [-0.1, -0.05) is 19.8 Å². The van der Waals surface area contributed by atoms with Crippen molar-refractivity contribution in [2.75, 3.05) is 6.54 Å². The van der Waals surface area contributed by atoms with Crippen LogP contribution in [-0.4, -0.2) is 29.2 Å². The summed E-state index contributed by atoms with van der Waals surface area (Å²) in [5.74, 6) is 0.399. The Morgan fingerprint density at radius 3 is 2.93 bits per heavy atom. The third kappa shape index (κ3) is 3.47. The third-order valence-corrected chi connectivity index (χ3v) is 3.04. The molecular formula is C11H22N2O2. The summed E-state index contributed by atoms with van der Waals surface area (Å²) in [5.41, 5.74) is 5.37. The molecule has 0 aliphatic heterocycles. The minimum Gasteiger partial charge on any atom is -0.392 e. The van der Waals surface area contributed by atoms with Crippen LogP contribution in [0.2, 0.25) is 0 Å². The molecule has 0 saturated heterocycles. The number of carbonyl (C=O) groups is 1. The van der Waals surface area contributed by atoms with Crippen LogP contribution in [0, 0.1) is 5.92 Å². The van der Waals surface area contributed by atoms with Gasteiger partial charge in [0.25, 0.3) is 0 Å². The van der Waals surface area contributed by atoms with Gasteiger partial charge in [0.05, 0.1) is 11.6 Å². The van der Waals surface area contributed by atoms with Crippen molar-refractivity contribution < 1.29 is 9.90 Å². The molecule has 88 valence electrons. The summed E-state index contributed by atoms with van der Waals surface area (Å²) in [7, 11) is 0. The highest BCUT2D eigenvalue weighted by atomic mass is 16.3. The van der Waals surface area contributed by atoms with Crippen LogP contribution < -0.4 is 11.1 Å². The van der Waals surface area contributed by atoms with Crippen LogP contribution in [0.15, 0.2) is 0 Å². The largest absolute Gasteiger partial charge is 0.392 e. The molecule has 0 spiro atoms. The molecule has 1 aliphatic carbocycles. The standard InChI is InChI=1S/C11H22N2O2/c1-8-4-3-5-11(12,6-8)10(15)13-7-9(2)14/h8-9,14H,3-7,12H2,1-2H3,(H,13,15)/t8?,9-,11?/m1/s1. The average molecular weight is 214 g/mol. The van der Waals surface area contributed by atoms with Gasteiger partial charge in [-0.05, 0) is 25.7 Å². The maximum Gasteiger partial charge on any atom is 0.240 e. The highest BCUT2D eigenvalue weighted by Gasteiger charge is 2.37. The first kappa shape index (κ1) is 12.5. The molecule has 0 aromatic carbocycles. The van der Waals surface area contributed by atoms with Crippen LogP contribution >= 0.6 is 0 Å². The first-order valence-electron chi connectivity index (χ1n) is 5.69. The number of hydrogen-bond acceptors (Lipinski definition) is 3. The number of amides is 1. The van der Waals surface area contributed by atoms with Crippen molar-refractivity contribution >= 4 is 5.91 Å². The van der Waals surface area contributed by atoms with Gasteiger partial charge < -0.3 is 16.2 Å². The van der Waals surface area contributed by atoms with Gasteiger partial charge >= 0.3 is 0 Å². The van der Waals surface area contributed by atoms with Crippen LogP contribution in [-0.2, 0) is 4.79 Å². The lowest BCUT2D eigenvalue weighted by molar-refractivity contribution is -0.128. The normalized spacial score (nSPS) is 33.5. The van der Waals surface area contributed by atoms with E-state index in [9.17, 15) is 4.79 Å². The van der Waals surface area contributed by atoms with E-state index < -0.39 is 11.6 Å². The summed E-state index contributed by atoms with van der Waals surface area (Å²) in [6.45, 7) is 4.06. The lowest BCUT2D eigenvalue weighted by atomic mass is 9.76. The molecule has 0 aromatic rings. The van der Waals surface area contributed by atoms with Crippen molar-refractivity contribution in [3.05, 3.63) is 0 Å². The molecule has 1 fully saturated rings. The van der Waals surface area contributed by atoms with E-state index in [-0.39, 0.29) is 12.5 Å². The molecule has 4 nitrogen and oxygen atoms in total. The Morgan fingerprint density at radius 2 is 2.40 bits per heavy atom. The Morgan fingerprint density at radius 1 is 1.73 bits per heavy atom. The van der Waals surface area contributed by atoms with Gasteiger partial charge in [-0.2, -0.15) is 0 Å². The number of carbonyl (C=O) groups excluding carboxylic acids is 1. The molecule has 4 N–H and O–H groups in total. The average Bonchev–Trinajstić information content (AvgIpc) is 2.13. The highest BCUT2D eigenvalue weighted by Crippen LogP contribution is 2.30. The Labute approximate surface area is 91.2 Å². The molecule has 3 atom stereocenters. The quantitative estimate of drug-likeness (QED) is 0.636. The third-order valence-electron chi connectivity index (χ3n) is 3.04. The van der Waals surface area contributed by atoms with Crippen molar-refractivity contribution in [3.63, 3.8) is 0 Å². The van der Waals surface area contributed by atoms with Gasteiger partial charge in [-0.15, -0.1) is 0 Å². The molecular weight excluding hydrogens is 192 g/mol. The van der Waals surface area contributed by atoms with E-state index in [4.69, 9.17) is 10.8 Å². The number of nitrogens with one attached hydrogen (secondary N) is 1. The smallest absolute Gasteiger partial charge is 0.240 e. The molecule has 1 saturated carbocycles. The molecule has 1 amide bonds. The Balaban J connectivity index is 2.48. The predicted octanol–water partition coefficient (Wildman–Crippen LogP) is 0.391. The van der Waals surface area contributed by atoms with E-state index in [2.05, 4.69) is 12.2 Å². The molecule has 0 radical (unpaired) electrons. The number of hydrogen-bond donors (Lipinski definition) is 3. The van der Waals surface area contributed by atoms with Crippen molar-refractivity contribution in [1.29, 1.82) is 0 Å². The molecule has 2 unspecified atom stereocenters. The number of nitrogens with two attached hydrogens (primary N) is 1. The fourth-order valence-corrected chi connectivity index (χ4v) is 2.21. The van der Waals surface area contributed by atoms with E-state index in [1.807, 2.05) is 0 Å². The van der Waals surface area contributed by atoms with Gasteiger partial charge in [-0.3, -0.25) is 4.79 Å². The Kier molecular flexibility index (Phi) is 4.11. The van der Waals surface area contributed by atoms with E-state index >= 15 is 0 Å². The van der Waals surface area contributed by atoms with E-state index in [0.717, 1.165) is 25.7 Å². The molecule has 0 bridgehead atoms. The van der Waals surface area contributed by atoms with E-state index in [0.29, 0.717) is 5.92 Å². The highest BCUT2D eigenvalue weighted by molar-refractivity contribution is 5.86. The van der Waals surface area contributed by atoms with Crippen molar-refractivity contribution in [2.45, 2.75) is 51.2 Å². The first-order valence-corrected chi connectivity index (χ1v) is 5.69. The summed E-state index contributed by atoms with van der Waals surface area (Å²) in [4.78, 5) is 11.8. The number of aliphatic hydroxyl groups excluding tert-OH is 1. The lowest BCUT2D eigenvalue weighted by Gasteiger charge is -2.35. The molecule has 1 aliphatic rings. The van der Waals surface area contributed by atoms with Crippen LogP contribution in [0.5, 0.6) is 0 Å². The molecule has 4 heteroatoms. The van der Waals surface area contributed by atoms with Gasteiger partial charge in [-0.25, -0.2) is 0 Å². The molecule has 15 heavy (non-hydrogen) atoms. The van der Waals surface area contributed by atoms with E-state index in [1.165, 1.54) is 0 Å². The molecule has 0 aromatic heterocycles. The zero-order chi connectivity index (χ0) is 11.5. The van der Waals surface area contributed by atoms with Crippen LogP contribution in [0.1, 0.15) is 39.5 Å². The van der Waals surface area contributed by atoms with E-state index in [1.54, 1.807) is 6.92 Å². The SMILES string of the molecule is CC1CCCC(N)(C(=O)NC[C@@H](C)O)C1. The summed E-state index contributed by atoms with van der Waals surface area (Å²) in [5, 5.41) is 11.8. The number of rotatable bonds is 3. The lowest BCUT2D eigenvalue weighted by Crippen LogP contribution is -2.57. The first-order chi connectivity index (χ1) is 6.94. The van der Waals surface area contributed by atoms with Gasteiger partial charge in [0.15, 0.2) is 0 Å². The van der Waals surface area contributed by atoms with Crippen LogP contribution in [0.4, 0.5) is 0 Å². The minimum absolute atomic E-state index is 0.116. The predicted molar refractivity (Wildman–Crippen MR) is 59.2 cm³/mol. The molecule has 1 rings (SSSR count). The van der Waals surface area contributed by atoms with Crippen molar-refractivity contribution in [2.24, 2.45) is 11.7 Å². The van der Waals surface area contributed by atoms with Gasteiger partial charge in [0, 0.05) is 6.54 Å². The zero-order valence-corrected chi connectivity index (χ0v) is 9.62. The van der Waals surface area contributed by atoms with Crippen LogP contribution in [0.25, 0.3) is 0 Å². The van der Waals surface area contributed by atoms with Gasteiger partial charge in [0.2, 0.25) is 5.91 Å². The summed E-state index contributed by atoms with van der Waals surface area (Å²) >= 11 is 0. The fraction of sp³-hybridized carbons (Fsp3) is 0.909. The summed E-state index contributed by atoms with van der Waals surface area (Å²) < 4.78 is 0. The topological polar surface area (TPSA) is 75.4 Å². The van der Waals surface area contributed by atoms with Crippen LogP contribution in [0.3, 0.4) is 0 Å². The van der Waals surface area contributed by atoms with Crippen molar-refractivity contribution in [1.82, 2.24) is 5.32 Å². The van der Waals surface area contributed by atoms with Gasteiger partial charge in [0.1, 0.15) is 0 Å². The second-order valence-electron chi connectivity index (χ2n) is 4.92. The Bertz CT molecular complexity index is 231. The fourth-order valence-electron chi connectivity index (χ4n) is 2.21. The second kappa shape index (κ2) is 4.94. The Hall–Kier alpha value is -0.610. The number of aliphatic hydroxyl groups is 1.